The molecule has 1 amide bonds. The van der Waals surface area contributed by atoms with Crippen LogP contribution in [0.5, 0.6) is 0 Å². The Hall–Kier alpha value is -0.920. The number of rotatable bonds is 4. The Morgan fingerprint density at radius 2 is 1.86 bits per heavy atom. The molecule has 4 nitrogen and oxygen atoms in total. The highest BCUT2D eigenvalue weighted by Gasteiger charge is 2.09. The van der Waals surface area contributed by atoms with Crippen LogP contribution < -0.4 is 5.32 Å². The first-order chi connectivity index (χ1) is 9.94. The minimum atomic E-state index is -0.0958. The Kier molecular flexibility index (Phi) is 5.78. The quantitative estimate of drug-likeness (QED) is 0.578. The number of carbonyl (C=O) groups is 1. The topological polar surface area (TPSA) is 54.9 Å². The number of aromatic nitrogens is 2. The van der Waals surface area contributed by atoms with Gasteiger partial charge in [0.1, 0.15) is 0 Å². The van der Waals surface area contributed by atoms with Gasteiger partial charge in [-0.3, -0.25) is 4.79 Å². The van der Waals surface area contributed by atoms with Gasteiger partial charge in [0.15, 0.2) is 5.16 Å². The summed E-state index contributed by atoms with van der Waals surface area (Å²) >= 11 is 8.11. The van der Waals surface area contributed by atoms with Crippen LogP contribution in [0.2, 0.25) is 0 Å². The molecule has 110 valence electrons. The van der Waals surface area contributed by atoms with Gasteiger partial charge in [-0.1, -0.05) is 27.7 Å². The second kappa shape index (κ2) is 7.38. The Balaban J connectivity index is 1.97. The van der Waals surface area contributed by atoms with E-state index in [9.17, 15) is 4.79 Å². The molecule has 0 saturated heterocycles. The minimum absolute atomic E-state index is 0.0958. The van der Waals surface area contributed by atoms with E-state index < -0.39 is 0 Å². The lowest BCUT2D eigenvalue weighted by Crippen LogP contribution is -2.14. The van der Waals surface area contributed by atoms with Crippen molar-refractivity contribution in [3.05, 3.63) is 44.6 Å². The molecule has 0 saturated carbocycles. The van der Waals surface area contributed by atoms with Gasteiger partial charge in [0.05, 0.1) is 11.4 Å². The maximum atomic E-state index is 12.0. The maximum Gasteiger partial charge on any atom is 0.234 e. The molecule has 2 aromatic rings. The van der Waals surface area contributed by atoms with E-state index in [1.54, 1.807) is 0 Å². The van der Waals surface area contributed by atoms with Crippen LogP contribution in [0.1, 0.15) is 11.4 Å². The molecule has 1 heterocycles. The molecule has 2 rings (SSSR count). The largest absolute Gasteiger partial charge is 0.324 e. The fraction of sp³-hybridized carbons (Fsp3) is 0.214. The number of hydrogen-bond acceptors (Lipinski definition) is 4. The van der Waals surface area contributed by atoms with Crippen LogP contribution in [-0.4, -0.2) is 21.6 Å². The zero-order valence-electron chi connectivity index (χ0n) is 11.5. The summed E-state index contributed by atoms with van der Waals surface area (Å²) < 4.78 is 1.75. The third-order valence-corrected chi connectivity index (χ3v) is 4.53. The van der Waals surface area contributed by atoms with Crippen molar-refractivity contribution >= 4 is 55.2 Å². The van der Waals surface area contributed by atoms with Crippen molar-refractivity contribution in [3.8, 4) is 0 Å². The second-order valence-electron chi connectivity index (χ2n) is 4.39. The summed E-state index contributed by atoms with van der Waals surface area (Å²) in [6, 6.07) is 7.53. The van der Waals surface area contributed by atoms with E-state index in [4.69, 9.17) is 0 Å². The monoisotopic (exact) mass is 429 g/mol. The summed E-state index contributed by atoms with van der Waals surface area (Å²) in [5.74, 6) is 0.170. The predicted molar refractivity (Wildman–Crippen MR) is 92.7 cm³/mol. The normalized spacial score (nSPS) is 10.5. The standard InChI is InChI=1S/C14H13Br2N3OS/c1-8-5-9(2)18-14(17-8)21-7-13(20)19-12-6-10(15)3-4-11(12)16/h3-6H,7H2,1-2H3,(H,19,20). The molecule has 0 fully saturated rings. The average molecular weight is 431 g/mol. The van der Waals surface area contributed by atoms with Crippen molar-refractivity contribution in [2.75, 3.05) is 11.1 Å². The van der Waals surface area contributed by atoms with E-state index in [2.05, 4.69) is 47.1 Å². The van der Waals surface area contributed by atoms with Gasteiger partial charge in [0.2, 0.25) is 5.91 Å². The average Bonchev–Trinajstić information content (AvgIpc) is 2.40. The van der Waals surface area contributed by atoms with Crippen LogP contribution in [0.15, 0.2) is 38.4 Å². The Morgan fingerprint density at radius 1 is 1.19 bits per heavy atom. The number of anilines is 1. The number of hydrogen-bond donors (Lipinski definition) is 1. The van der Waals surface area contributed by atoms with Crippen molar-refractivity contribution in [2.24, 2.45) is 0 Å². The van der Waals surface area contributed by atoms with Crippen LogP contribution in [0.3, 0.4) is 0 Å². The lowest BCUT2D eigenvalue weighted by molar-refractivity contribution is -0.113. The van der Waals surface area contributed by atoms with Crippen molar-refractivity contribution in [3.63, 3.8) is 0 Å². The summed E-state index contributed by atoms with van der Waals surface area (Å²) in [6.45, 7) is 3.83. The number of thioether (sulfide) groups is 1. The predicted octanol–water partition coefficient (Wildman–Crippen LogP) is 4.35. The van der Waals surface area contributed by atoms with Gasteiger partial charge in [-0.2, -0.15) is 0 Å². The molecule has 1 aromatic heterocycles. The molecule has 0 aliphatic carbocycles. The Morgan fingerprint density at radius 3 is 2.52 bits per heavy atom. The van der Waals surface area contributed by atoms with Gasteiger partial charge < -0.3 is 5.32 Å². The maximum absolute atomic E-state index is 12.0. The lowest BCUT2D eigenvalue weighted by atomic mass is 10.3. The van der Waals surface area contributed by atoms with E-state index in [-0.39, 0.29) is 11.7 Å². The van der Waals surface area contributed by atoms with Crippen LogP contribution >= 0.6 is 43.6 Å². The number of halogens is 2. The fourth-order valence-electron chi connectivity index (χ4n) is 1.67. The summed E-state index contributed by atoms with van der Waals surface area (Å²) in [5, 5.41) is 3.48. The summed E-state index contributed by atoms with van der Waals surface area (Å²) in [4.78, 5) is 20.6. The van der Waals surface area contributed by atoms with E-state index >= 15 is 0 Å². The van der Waals surface area contributed by atoms with Crippen molar-refractivity contribution in [1.29, 1.82) is 0 Å². The molecular formula is C14H13Br2N3OS. The van der Waals surface area contributed by atoms with Gasteiger partial charge in [-0.25, -0.2) is 9.97 Å². The summed E-state index contributed by atoms with van der Waals surface area (Å²) in [5.41, 5.74) is 2.54. The molecular weight excluding hydrogens is 418 g/mol. The van der Waals surface area contributed by atoms with Gasteiger partial charge in [-0.15, -0.1) is 0 Å². The van der Waals surface area contributed by atoms with Gasteiger partial charge in [0, 0.05) is 20.3 Å². The Labute approximate surface area is 144 Å². The number of nitrogens with one attached hydrogen (secondary N) is 1. The number of carbonyl (C=O) groups excluding carboxylic acids is 1. The third-order valence-electron chi connectivity index (χ3n) is 2.50. The van der Waals surface area contributed by atoms with Gasteiger partial charge >= 0.3 is 0 Å². The Bertz CT molecular complexity index is 659. The second-order valence-corrected chi connectivity index (χ2v) is 7.11. The number of aryl methyl sites for hydroxylation is 2. The molecule has 0 aliphatic heterocycles. The number of nitrogens with zero attached hydrogens (tertiary/aromatic N) is 2. The molecule has 1 N–H and O–H groups in total. The number of benzene rings is 1. The van der Waals surface area contributed by atoms with Crippen molar-refractivity contribution < 1.29 is 4.79 Å². The smallest absolute Gasteiger partial charge is 0.234 e. The first-order valence-corrected chi connectivity index (χ1v) is 8.71. The molecule has 0 spiro atoms. The summed E-state index contributed by atoms with van der Waals surface area (Å²) in [6.07, 6.45) is 0. The SMILES string of the molecule is Cc1cc(C)nc(SCC(=O)Nc2cc(Br)ccc2Br)n1. The highest BCUT2D eigenvalue weighted by molar-refractivity contribution is 9.11. The van der Waals surface area contributed by atoms with Crippen LogP contribution in [0, 0.1) is 13.8 Å². The molecule has 0 bridgehead atoms. The highest BCUT2D eigenvalue weighted by atomic mass is 79.9. The van der Waals surface area contributed by atoms with Crippen LogP contribution in [0.25, 0.3) is 0 Å². The highest BCUT2D eigenvalue weighted by Crippen LogP contribution is 2.26. The third kappa shape index (κ3) is 5.09. The molecule has 1 aromatic carbocycles. The van der Waals surface area contributed by atoms with Crippen LogP contribution in [0.4, 0.5) is 5.69 Å². The zero-order chi connectivity index (χ0) is 15.4. The van der Waals surface area contributed by atoms with Crippen molar-refractivity contribution in [2.45, 2.75) is 19.0 Å². The first kappa shape index (κ1) is 16.5. The minimum Gasteiger partial charge on any atom is -0.324 e. The first-order valence-electron chi connectivity index (χ1n) is 6.14. The van der Waals surface area contributed by atoms with E-state index in [1.807, 2.05) is 38.1 Å². The zero-order valence-corrected chi connectivity index (χ0v) is 15.5. The molecule has 21 heavy (non-hydrogen) atoms. The molecule has 7 heteroatoms. The summed E-state index contributed by atoms with van der Waals surface area (Å²) in [7, 11) is 0. The van der Waals surface area contributed by atoms with Gasteiger partial charge in [-0.05, 0) is 54.0 Å². The molecule has 0 radical (unpaired) electrons. The van der Waals surface area contributed by atoms with Gasteiger partial charge in [0.25, 0.3) is 0 Å². The van der Waals surface area contributed by atoms with E-state index in [0.717, 1.165) is 26.0 Å². The van der Waals surface area contributed by atoms with Crippen molar-refractivity contribution in [1.82, 2.24) is 9.97 Å². The number of amides is 1. The van der Waals surface area contributed by atoms with Crippen LogP contribution in [-0.2, 0) is 4.79 Å². The molecule has 0 aliphatic rings. The fourth-order valence-corrected chi connectivity index (χ4v) is 3.12. The lowest BCUT2D eigenvalue weighted by Gasteiger charge is -2.08. The molecule has 0 unspecified atom stereocenters. The van der Waals surface area contributed by atoms with E-state index in [1.165, 1.54) is 11.8 Å². The molecule has 0 atom stereocenters. The van der Waals surface area contributed by atoms with E-state index in [0.29, 0.717) is 5.16 Å².